The minimum absolute atomic E-state index is 0.281. The van der Waals surface area contributed by atoms with Gasteiger partial charge in [-0.05, 0) is 66.0 Å². The lowest BCUT2D eigenvalue weighted by molar-refractivity contribution is -0.137. The van der Waals surface area contributed by atoms with Gasteiger partial charge in [-0.25, -0.2) is 0 Å². The number of carboxylic acids is 1. The van der Waals surface area contributed by atoms with E-state index < -0.39 is 5.97 Å². The van der Waals surface area contributed by atoms with Crippen molar-refractivity contribution in [3.63, 3.8) is 0 Å². The van der Waals surface area contributed by atoms with Crippen LogP contribution in [0.3, 0.4) is 0 Å². The molecular formula is C27H30O4. The fourth-order valence-corrected chi connectivity index (χ4v) is 3.03. The monoisotopic (exact) mass is 418 g/mol. The Labute approximate surface area is 185 Å². The Morgan fingerprint density at radius 2 is 1.32 bits per heavy atom. The summed E-state index contributed by atoms with van der Waals surface area (Å²) in [4.78, 5) is 10.4. The largest absolute Gasteiger partial charge is 0.497 e. The molecule has 31 heavy (non-hydrogen) atoms. The minimum atomic E-state index is -0.704. The number of unbranched alkanes of at least 4 members (excludes halogenated alkanes) is 6. The van der Waals surface area contributed by atoms with Gasteiger partial charge < -0.3 is 14.6 Å². The average Bonchev–Trinajstić information content (AvgIpc) is 2.79. The van der Waals surface area contributed by atoms with E-state index in [-0.39, 0.29) is 6.42 Å². The number of carbonyl (C=O) groups is 1. The number of benzene rings is 2. The Kier molecular flexibility index (Phi) is 11.2. The highest BCUT2D eigenvalue weighted by atomic mass is 16.5. The Morgan fingerprint density at radius 1 is 0.774 bits per heavy atom. The van der Waals surface area contributed by atoms with E-state index in [0.29, 0.717) is 6.61 Å². The van der Waals surface area contributed by atoms with Crippen LogP contribution in [0.5, 0.6) is 11.5 Å². The smallest absolute Gasteiger partial charge is 0.303 e. The van der Waals surface area contributed by atoms with Crippen LogP contribution in [0.1, 0.15) is 51.4 Å². The van der Waals surface area contributed by atoms with Gasteiger partial charge in [-0.3, -0.25) is 4.79 Å². The number of methoxy groups -OCH3 is 1. The van der Waals surface area contributed by atoms with Crippen molar-refractivity contribution < 1.29 is 19.4 Å². The number of hydrogen-bond acceptors (Lipinski definition) is 3. The van der Waals surface area contributed by atoms with Gasteiger partial charge >= 0.3 is 5.97 Å². The zero-order valence-electron chi connectivity index (χ0n) is 18.2. The highest BCUT2D eigenvalue weighted by Crippen LogP contribution is 2.24. The van der Waals surface area contributed by atoms with Crippen LogP contribution in [0.4, 0.5) is 0 Å². The third-order valence-electron chi connectivity index (χ3n) is 4.77. The first-order valence-electron chi connectivity index (χ1n) is 10.7. The molecule has 0 unspecified atom stereocenters. The standard InChI is InChI=1S/C27H30O4/c1-30-25-18-14-23(15-19-25)24-16-20-26(21-17-24)31-22-12-10-8-6-4-2-3-5-7-9-11-13-27(28)29/h14-21H,2-5,7,9,11,13,22H2,1H3,(H,28,29). The van der Waals surface area contributed by atoms with Crippen LogP contribution in [-0.4, -0.2) is 24.8 Å². The van der Waals surface area contributed by atoms with Gasteiger partial charge in [0.2, 0.25) is 0 Å². The van der Waals surface area contributed by atoms with E-state index in [1.165, 1.54) is 0 Å². The third-order valence-corrected chi connectivity index (χ3v) is 4.77. The maximum absolute atomic E-state index is 10.4. The van der Waals surface area contributed by atoms with Crippen molar-refractivity contribution in [3.05, 3.63) is 48.5 Å². The number of aliphatic carboxylic acids is 1. The lowest BCUT2D eigenvalue weighted by atomic mass is 10.1. The molecule has 2 aromatic rings. The molecule has 4 nitrogen and oxygen atoms in total. The second kappa shape index (κ2) is 14.6. The fraction of sp³-hybridized carbons (Fsp3) is 0.370. The van der Waals surface area contributed by atoms with E-state index >= 15 is 0 Å². The van der Waals surface area contributed by atoms with Crippen LogP contribution >= 0.6 is 0 Å². The Balaban J connectivity index is 1.58. The fourth-order valence-electron chi connectivity index (χ4n) is 3.03. The van der Waals surface area contributed by atoms with Crippen molar-refractivity contribution >= 4 is 5.97 Å². The molecule has 0 heterocycles. The van der Waals surface area contributed by atoms with Crippen molar-refractivity contribution in [2.24, 2.45) is 0 Å². The summed E-state index contributed by atoms with van der Waals surface area (Å²) >= 11 is 0. The van der Waals surface area contributed by atoms with Gasteiger partial charge in [0.25, 0.3) is 0 Å². The molecular weight excluding hydrogens is 388 g/mol. The molecule has 0 atom stereocenters. The first-order chi connectivity index (χ1) is 15.2. The van der Waals surface area contributed by atoms with Crippen LogP contribution in [0.15, 0.2) is 48.5 Å². The molecule has 2 aromatic carbocycles. The quantitative estimate of drug-likeness (QED) is 0.342. The van der Waals surface area contributed by atoms with Gasteiger partial charge in [0.1, 0.15) is 18.1 Å². The number of carboxylic acid groups (broad SMARTS) is 1. The summed E-state index contributed by atoms with van der Waals surface area (Å²) in [5.41, 5.74) is 2.24. The van der Waals surface area contributed by atoms with E-state index in [1.54, 1.807) is 7.11 Å². The van der Waals surface area contributed by atoms with Gasteiger partial charge in [-0.1, -0.05) is 55.9 Å². The summed E-state index contributed by atoms with van der Waals surface area (Å²) in [5, 5.41) is 8.57. The van der Waals surface area contributed by atoms with Gasteiger partial charge in [0.15, 0.2) is 0 Å². The van der Waals surface area contributed by atoms with Crippen LogP contribution in [0.25, 0.3) is 11.1 Å². The van der Waals surface area contributed by atoms with Gasteiger partial charge in [0, 0.05) is 12.8 Å². The highest BCUT2D eigenvalue weighted by Gasteiger charge is 1.99. The molecule has 162 valence electrons. The second-order valence-electron chi connectivity index (χ2n) is 7.16. The summed E-state index contributed by atoms with van der Waals surface area (Å²) in [6, 6.07) is 15.9. The van der Waals surface area contributed by atoms with Crippen molar-refractivity contribution in [1.82, 2.24) is 0 Å². The molecule has 0 saturated carbocycles. The summed E-state index contributed by atoms with van der Waals surface area (Å²) in [5.74, 6) is 12.6. The molecule has 0 spiro atoms. The normalized spacial score (nSPS) is 9.71. The minimum Gasteiger partial charge on any atom is -0.497 e. The molecule has 2 rings (SSSR count). The third kappa shape index (κ3) is 10.3. The summed E-state index contributed by atoms with van der Waals surface area (Å²) in [6.07, 6.45) is 7.32. The molecule has 0 amide bonds. The average molecular weight is 419 g/mol. The van der Waals surface area contributed by atoms with E-state index in [9.17, 15) is 4.79 Å². The number of ether oxygens (including phenoxy) is 2. The van der Waals surface area contributed by atoms with Crippen LogP contribution in [0, 0.1) is 23.7 Å². The zero-order valence-corrected chi connectivity index (χ0v) is 18.2. The second-order valence-corrected chi connectivity index (χ2v) is 7.16. The van der Waals surface area contributed by atoms with Crippen molar-refractivity contribution in [2.45, 2.75) is 51.4 Å². The van der Waals surface area contributed by atoms with Gasteiger partial charge in [0.05, 0.1) is 7.11 Å². The lowest BCUT2D eigenvalue weighted by Gasteiger charge is -2.06. The molecule has 0 aliphatic rings. The van der Waals surface area contributed by atoms with Crippen LogP contribution < -0.4 is 9.47 Å². The lowest BCUT2D eigenvalue weighted by Crippen LogP contribution is -1.93. The first-order valence-corrected chi connectivity index (χ1v) is 10.7. The predicted molar refractivity (Wildman–Crippen MR) is 124 cm³/mol. The molecule has 4 heteroatoms. The molecule has 1 N–H and O–H groups in total. The maximum atomic E-state index is 10.4. The molecule has 0 fully saturated rings. The van der Waals surface area contributed by atoms with Crippen LogP contribution in [-0.2, 0) is 4.79 Å². The zero-order chi connectivity index (χ0) is 22.2. The van der Waals surface area contributed by atoms with Crippen molar-refractivity contribution in [3.8, 4) is 46.3 Å². The van der Waals surface area contributed by atoms with Crippen LogP contribution in [0.2, 0.25) is 0 Å². The molecule has 0 radical (unpaired) electrons. The molecule has 0 bridgehead atoms. The maximum Gasteiger partial charge on any atom is 0.303 e. The van der Waals surface area contributed by atoms with Crippen molar-refractivity contribution in [2.75, 3.05) is 13.7 Å². The number of rotatable bonds is 12. The van der Waals surface area contributed by atoms with E-state index in [1.807, 2.05) is 48.5 Å². The van der Waals surface area contributed by atoms with E-state index in [2.05, 4.69) is 23.7 Å². The molecule has 0 saturated heterocycles. The summed E-state index contributed by atoms with van der Waals surface area (Å²) < 4.78 is 10.8. The molecule has 0 aliphatic heterocycles. The van der Waals surface area contributed by atoms with E-state index in [0.717, 1.165) is 67.6 Å². The molecule has 0 aliphatic carbocycles. The highest BCUT2D eigenvalue weighted by molar-refractivity contribution is 5.66. The Morgan fingerprint density at radius 3 is 1.94 bits per heavy atom. The topological polar surface area (TPSA) is 55.8 Å². The molecule has 0 aromatic heterocycles. The van der Waals surface area contributed by atoms with Gasteiger partial charge in [-0.15, -0.1) is 0 Å². The number of hydrogen-bond donors (Lipinski definition) is 1. The van der Waals surface area contributed by atoms with Gasteiger partial charge in [-0.2, -0.15) is 0 Å². The van der Waals surface area contributed by atoms with E-state index in [4.69, 9.17) is 14.6 Å². The summed E-state index contributed by atoms with van der Waals surface area (Å²) in [7, 11) is 1.66. The van der Waals surface area contributed by atoms with Crippen molar-refractivity contribution in [1.29, 1.82) is 0 Å². The SMILES string of the molecule is COc1ccc(-c2ccc(OCC#CC#CCCCCCCCCC(=O)O)cc2)cc1. The first kappa shape index (κ1) is 23.9. The predicted octanol–water partition coefficient (Wildman–Crippen LogP) is 5.95. The summed E-state index contributed by atoms with van der Waals surface area (Å²) in [6.45, 7) is 0.312. The Bertz CT molecular complexity index is 906. The Hall–Kier alpha value is -3.37.